The highest BCUT2D eigenvalue weighted by Gasteiger charge is 2.26. The number of alkyl carbamates (subject to hydrolysis) is 1. The van der Waals surface area contributed by atoms with E-state index in [9.17, 15) is 14.4 Å². The molecule has 2 aromatic rings. The summed E-state index contributed by atoms with van der Waals surface area (Å²) >= 11 is 0. The van der Waals surface area contributed by atoms with E-state index in [1.165, 1.54) is 0 Å². The van der Waals surface area contributed by atoms with Crippen LogP contribution in [0.25, 0.3) is 0 Å². The van der Waals surface area contributed by atoms with Crippen molar-refractivity contribution in [1.82, 2.24) is 5.32 Å². The lowest BCUT2D eigenvalue weighted by atomic mass is 10.1. The predicted molar refractivity (Wildman–Crippen MR) is 128 cm³/mol. The van der Waals surface area contributed by atoms with E-state index in [4.69, 9.17) is 9.47 Å². The molecule has 33 heavy (non-hydrogen) atoms. The number of carbonyl (C=O) groups excluding carboxylic acids is 3. The van der Waals surface area contributed by atoms with Crippen molar-refractivity contribution in [2.45, 2.75) is 71.1 Å². The molecular weight excluding hydrogens is 420 g/mol. The van der Waals surface area contributed by atoms with Gasteiger partial charge in [-0.05, 0) is 51.3 Å². The average Bonchev–Trinajstić information content (AvgIpc) is 2.77. The Morgan fingerprint density at radius 2 is 1.52 bits per heavy atom. The van der Waals surface area contributed by atoms with Crippen LogP contribution in [-0.2, 0) is 25.7 Å². The molecule has 2 amide bonds. The second-order valence-electron chi connectivity index (χ2n) is 8.81. The fourth-order valence-electron chi connectivity index (χ4n) is 3.08. The molecule has 2 rings (SSSR count). The van der Waals surface area contributed by atoms with Crippen LogP contribution in [0.15, 0.2) is 60.7 Å². The summed E-state index contributed by atoms with van der Waals surface area (Å²) in [6.07, 6.45) is 2.19. The van der Waals surface area contributed by atoms with Gasteiger partial charge in [-0.1, -0.05) is 61.4 Å². The van der Waals surface area contributed by atoms with Gasteiger partial charge in [0.15, 0.2) is 0 Å². The fraction of sp³-hybridized carbons (Fsp3) is 0.423. The Bertz CT molecular complexity index is 879. The number of esters is 1. The first-order chi connectivity index (χ1) is 15.7. The van der Waals surface area contributed by atoms with Gasteiger partial charge >= 0.3 is 12.1 Å². The van der Waals surface area contributed by atoms with Crippen LogP contribution < -0.4 is 10.6 Å². The van der Waals surface area contributed by atoms with Crippen LogP contribution in [0.4, 0.5) is 10.5 Å². The van der Waals surface area contributed by atoms with Gasteiger partial charge in [0.2, 0.25) is 5.91 Å². The van der Waals surface area contributed by atoms with Gasteiger partial charge in [0.1, 0.15) is 18.2 Å². The Kier molecular flexibility index (Phi) is 10.4. The summed E-state index contributed by atoms with van der Waals surface area (Å²) in [5.74, 6) is -0.548. The summed E-state index contributed by atoms with van der Waals surface area (Å²) in [4.78, 5) is 36.9. The third-order valence-electron chi connectivity index (χ3n) is 4.65. The van der Waals surface area contributed by atoms with Gasteiger partial charge in [0.25, 0.3) is 0 Å². The number of benzene rings is 2. The van der Waals surface area contributed by atoms with Gasteiger partial charge in [0.05, 0.1) is 0 Å². The Morgan fingerprint density at radius 1 is 0.879 bits per heavy atom. The molecule has 2 N–H and O–H groups in total. The third kappa shape index (κ3) is 11.2. The van der Waals surface area contributed by atoms with E-state index in [1.54, 1.807) is 20.8 Å². The van der Waals surface area contributed by atoms with Gasteiger partial charge in [-0.3, -0.25) is 4.79 Å². The molecule has 0 aliphatic rings. The van der Waals surface area contributed by atoms with E-state index in [0.717, 1.165) is 17.7 Å². The number of rotatable bonds is 11. The SMILES string of the molecule is CC(C)(C)OC(=O)[C@H](CCCCCC(=O)Nc1ccccc1)NC(=O)OCc1ccccc1. The molecule has 0 unspecified atom stereocenters. The molecule has 0 radical (unpaired) electrons. The van der Waals surface area contributed by atoms with Crippen LogP contribution in [0.1, 0.15) is 58.4 Å². The van der Waals surface area contributed by atoms with E-state index in [-0.39, 0.29) is 12.5 Å². The van der Waals surface area contributed by atoms with Crippen molar-refractivity contribution in [3.05, 3.63) is 66.2 Å². The maximum atomic E-state index is 12.6. The van der Waals surface area contributed by atoms with E-state index >= 15 is 0 Å². The molecule has 0 aliphatic heterocycles. The van der Waals surface area contributed by atoms with Gasteiger partial charge in [-0.25, -0.2) is 9.59 Å². The quantitative estimate of drug-likeness (QED) is 0.359. The summed E-state index contributed by atoms with van der Waals surface area (Å²) < 4.78 is 10.7. The molecule has 7 nitrogen and oxygen atoms in total. The van der Waals surface area contributed by atoms with E-state index < -0.39 is 23.7 Å². The minimum atomic E-state index is -0.814. The first kappa shape index (κ1) is 25.9. The van der Waals surface area contributed by atoms with Crippen molar-refractivity contribution in [1.29, 1.82) is 0 Å². The number of ether oxygens (including phenoxy) is 2. The number of para-hydroxylation sites is 1. The Hall–Kier alpha value is -3.35. The van der Waals surface area contributed by atoms with Crippen molar-refractivity contribution < 1.29 is 23.9 Å². The summed E-state index contributed by atoms with van der Waals surface area (Å²) in [6.45, 7) is 5.45. The minimum Gasteiger partial charge on any atom is -0.458 e. The van der Waals surface area contributed by atoms with E-state index in [0.29, 0.717) is 25.7 Å². The first-order valence-corrected chi connectivity index (χ1v) is 11.3. The first-order valence-electron chi connectivity index (χ1n) is 11.3. The van der Waals surface area contributed by atoms with Gasteiger partial charge in [-0.2, -0.15) is 0 Å². The fourth-order valence-corrected chi connectivity index (χ4v) is 3.08. The minimum absolute atomic E-state index is 0.0486. The maximum absolute atomic E-state index is 12.6. The number of carbonyl (C=O) groups is 3. The summed E-state index contributed by atoms with van der Waals surface area (Å²) in [7, 11) is 0. The van der Waals surface area contributed by atoms with Crippen LogP contribution in [0.3, 0.4) is 0 Å². The summed E-state index contributed by atoms with van der Waals surface area (Å²) in [5.41, 5.74) is 0.960. The highest BCUT2D eigenvalue weighted by molar-refractivity contribution is 5.90. The molecule has 0 saturated carbocycles. The molecule has 0 spiro atoms. The van der Waals surface area contributed by atoms with Crippen LogP contribution in [-0.4, -0.2) is 29.6 Å². The maximum Gasteiger partial charge on any atom is 0.408 e. The second kappa shape index (κ2) is 13.3. The van der Waals surface area contributed by atoms with E-state index in [2.05, 4.69) is 10.6 Å². The summed E-state index contributed by atoms with van der Waals surface area (Å²) in [5, 5.41) is 5.48. The number of amides is 2. The van der Waals surface area contributed by atoms with Gasteiger partial charge in [0, 0.05) is 12.1 Å². The third-order valence-corrected chi connectivity index (χ3v) is 4.65. The normalized spacial score (nSPS) is 11.8. The molecule has 0 aliphatic carbocycles. The van der Waals surface area contributed by atoms with Crippen molar-refractivity contribution in [2.24, 2.45) is 0 Å². The number of hydrogen-bond acceptors (Lipinski definition) is 5. The number of unbranched alkanes of at least 4 members (excludes halogenated alkanes) is 2. The smallest absolute Gasteiger partial charge is 0.408 e. The lowest BCUT2D eigenvalue weighted by Gasteiger charge is -2.24. The van der Waals surface area contributed by atoms with Gasteiger partial charge < -0.3 is 20.1 Å². The molecule has 2 aromatic carbocycles. The molecule has 1 atom stereocenters. The molecule has 0 bridgehead atoms. The standard InChI is InChI=1S/C26H34N2O5/c1-26(2,3)33-24(30)22(28-25(31)32-19-20-13-7-4-8-14-20)17-11-6-12-18-23(29)27-21-15-9-5-10-16-21/h4-5,7-10,13-16,22H,6,11-12,17-19H2,1-3H3,(H,27,29)(H,28,31)/t22-/m0/s1. The van der Waals surface area contributed by atoms with Gasteiger partial charge in [-0.15, -0.1) is 0 Å². The Labute approximate surface area is 195 Å². The zero-order valence-corrected chi connectivity index (χ0v) is 19.6. The Balaban J connectivity index is 1.77. The molecule has 0 aromatic heterocycles. The molecule has 0 fully saturated rings. The molecule has 7 heteroatoms. The highest BCUT2D eigenvalue weighted by atomic mass is 16.6. The average molecular weight is 455 g/mol. The number of hydrogen-bond donors (Lipinski definition) is 2. The summed E-state index contributed by atoms with van der Waals surface area (Å²) in [6, 6.07) is 17.8. The van der Waals surface area contributed by atoms with Crippen molar-refractivity contribution in [3.63, 3.8) is 0 Å². The Morgan fingerprint density at radius 3 is 2.15 bits per heavy atom. The van der Waals surface area contributed by atoms with Crippen LogP contribution in [0.5, 0.6) is 0 Å². The topological polar surface area (TPSA) is 93.7 Å². The van der Waals surface area contributed by atoms with Crippen LogP contribution in [0.2, 0.25) is 0 Å². The molecular formula is C26H34N2O5. The van der Waals surface area contributed by atoms with Crippen molar-refractivity contribution in [3.8, 4) is 0 Å². The molecule has 0 saturated heterocycles. The number of anilines is 1. The molecule has 178 valence electrons. The van der Waals surface area contributed by atoms with E-state index in [1.807, 2.05) is 60.7 Å². The predicted octanol–water partition coefficient (Wildman–Crippen LogP) is 5.21. The van der Waals surface area contributed by atoms with Crippen molar-refractivity contribution in [2.75, 3.05) is 5.32 Å². The zero-order chi connectivity index (χ0) is 24.1. The zero-order valence-electron chi connectivity index (χ0n) is 19.6. The highest BCUT2D eigenvalue weighted by Crippen LogP contribution is 2.14. The number of nitrogens with one attached hydrogen (secondary N) is 2. The lowest BCUT2D eigenvalue weighted by molar-refractivity contribution is -0.157. The van der Waals surface area contributed by atoms with Crippen LogP contribution >= 0.6 is 0 Å². The molecule has 0 heterocycles. The van der Waals surface area contributed by atoms with Crippen molar-refractivity contribution >= 4 is 23.7 Å². The van der Waals surface area contributed by atoms with Crippen LogP contribution in [0, 0.1) is 0 Å². The monoisotopic (exact) mass is 454 g/mol. The lowest BCUT2D eigenvalue weighted by Crippen LogP contribution is -2.44. The largest absolute Gasteiger partial charge is 0.458 e. The second-order valence-corrected chi connectivity index (χ2v) is 8.81.